The van der Waals surface area contributed by atoms with Gasteiger partial charge >= 0.3 is 0 Å². The van der Waals surface area contributed by atoms with Gasteiger partial charge in [-0.05, 0) is 53.8 Å². The normalized spacial score (nSPS) is 12.6. The zero-order valence-electron chi connectivity index (χ0n) is 12.0. The second-order valence-corrected chi connectivity index (χ2v) is 6.23. The number of halogens is 2. The second-order valence-electron chi connectivity index (χ2n) is 5.06. The van der Waals surface area contributed by atoms with Crippen molar-refractivity contribution >= 4 is 22.6 Å². The molecule has 0 fully saturated rings. The minimum atomic E-state index is -0.150. The molecule has 0 bridgehead atoms. The lowest BCUT2D eigenvalue weighted by molar-refractivity contribution is 0.495. The third kappa shape index (κ3) is 6.21. The number of unbranched alkanes of at least 4 members (excludes halogenated alkanes) is 5. The highest BCUT2D eigenvalue weighted by Gasteiger charge is 2.12. The summed E-state index contributed by atoms with van der Waals surface area (Å²) in [6, 6.07) is 5.43. The Hall–Kier alpha value is -0.160. The lowest BCUT2D eigenvalue weighted by Gasteiger charge is -2.18. The average Bonchev–Trinajstić information content (AvgIpc) is 2.39. The van der Waals surface area contributed by atoms with Crippen molar-refractivity contribution in [3.8, 4) is 0 Å². The predicted molar refractivity (Wildman–Crippen MR) is 88.9 cm³/mol. The van der Waals surface area contributed by atoms with Crippen LogP contribution in [0.2, 0.25) is 0 Å². The number of benzene rings is 1. The molecule has 1 nitrogen and oxygen atoms in total. The Morgan fingerprint density at radius 2 is 1.84 bits per heavy atom. The highest BCUT2D eigenvalue weighted by Crippen LogP contribution is 2.25. The van der Waals surface area contributed by atoms with E-state index in [1.165, 1.54) is 44.1 Å². The highest BCUT2D eigenvalue weighted by molar-refractivity contribution is 14.1. The van der Waals surface area contributed by atoms with Gasteiger partial charge in [-0.15, -0.1) is 0 Å². The first-order valence-corrected chi connectivity index (χ1v) is 8.39. The summed E-state index contributed by atoms with van der Waals surface area (Å²) < 4.78 is 14.1. The van der Waals surface area contributed by atoms with Gasteiger partial charge in [0.15, 0.2) is 0 Å². The summed E-state index contributed by atoms with van der Waals surface area (Å²) in [7, 11) is 1.99. The maximum atomic E-state index is 13.1. The van der Waals surface area contributed by atoms with Crippen LogP contribution < -0.4 is 5.32 Å². The Bertz CT molecular complexity index is 368. The Kier molecular flexibility index (Phi) is 8.62. The van der Waals surface area contributed by atoms with Crippen LogP contribution >= 0.6 is 22.6 Å². The Morgan fingerprint density at radius 1 is 1.16 bits per heavy atom. The standard InChI is InChI=1S/C16H25FIN/c1-3-4-5-6-7-8-9-16(19-2)14-11-10-13(17)12-15(14)18/h10-12,16,19H,3-9H2,1-2H3. The van der Waals surface area contributed by atoms with Gasteiger partial charge in [0, 0.05) is 9.61 Å². The third-order valence-electron chi connectivity index (χ3n) is 3.53. The van der Waals surface area contributed by atoms with Crippen molar-refractivity contribution in [1.29, 1.82) is 0 Å². The Labute approximate surface area is 130 Å². The SMILES string of the molecule is CCCCCCCCC(NC)c1ccc(F)cc1I. The van der Waals surface area contributed by atoms with Crippen molar-refractivity contribution in [3.05, 3.63) is 33.1 Å². The number of hydrogen-bond donors (Lipinski definition) is 1. The van der Waals surface area contributed by atoms with E-state index in [1.807, 2.05) is 13.1 Å². The molecule has 1 atom stereocenters. The van der Waals surface area contributed by atoms with E-state index in [0.29, 0.717) is 6.04 Å². The molecule has 1 N–H and O–H groups in total. The zero-order valence-corrected chi connectivity index (χ0v) is 14.2. The molecule has 0 aliphatic carbocycles. The molecule has 1 rings (SSSR count). The molecule has 0 aliphatic heterocycles. The van der Waals surface area contributed by atoms with E-state index in [1.54, 1.807) is 12.1 Å². The molecule has 3 heteroatoms. The van der Waals surface area contributed by atoms with Crippen LogP contribution in [0.3, 0.4) is 0 Å². The van der Waals surface area contributed by atoms with Crippen LogP contribution in [0, 0.1) is 9.39 Å². The fourth-order valence-electron chi connectivity index (χ4n) is 2.37. The first kappa shape index (κ1) is 16.9. The zero-order chi connectivity index (χ0) is 14.1. The molecule has 1 aromatic rings. The minimum Gasteiger partial charge on any atom is -0.313 e. The van der Waals surface area contributed by atoms with Crippen LogP contribution in [-0.4, -0.2) is 7.05 Å². The molecule has 0 amide bonds. The van der Waals surface area contributed by atoms with E-state index in [0.717, 1.165) is 9.99 Å². The van der Waals surface area contributed by atoms with E-state index in [4.69, 9.17) is 0 Å². The van der Waals surface area contributed by atoms with Crippen molar-refractivity contribution < 1.29 is 4.39 Å². The van der Waals surface area contributed by atoms with Gasteiger partial charge in [-0.3, -0.25) is 0 Å². The summed E-state index contributed by atoms with van der Waals surface area (Å²) >= 11 is 2.22. The summed E-state index contributed by atoms with van der Waals surface area (Å²) in [5.41, 5.74) is 1.22. The summed E-state index contributed by atoms with van der Waals surface area (Å²) in [5, 5.41) is 3.35. The second kappa shape index (κ2) is 9.70. The summed E-state index contributed by atoms with van der Waals surface area (Å²) in [6.45, 7) is 2.24. The van der Waals surface area contributed by atoms with Gasteiger partial charge < -0.3 is 5.32 Å². The first-order chi connectivity index (χ1) is 9.19. The molecule has 19 heavy (non-hydrogen) atoms. The van der Waals surface area contributed by atoms with Gasteiger partial charge in [0.25, 0.3) is 0 Å². The average molecular weight is 377 g/mol. The topological polar surface area (TPSA) is 12.0 Å². The fraction of sp³-hybridized carbons (Fsp3) is 0.625. The van der Waals surface area contributed by atoms with E-state index < -0.39 is 0 Å². The summed E-state index contributed by atoms with van der Waals surface area (Å²) in [6.07, 6.45) is 9.01. The third-order valence-corrected chi connectivity index (χ3v) is 4.47. The van der Waals surface area contributed by atoms with Crippen LogP contribution in [0.5, 0.6) is 0 Å². The van der Waals surface area contributed by atoms with Crippen molar-refractivity contribution in [2.24, 2.45) is 0 Å². The molecule has 0 saturated carbocycles. The van der Waals surface area contributed by atoms with Gasteiger partial charge in [0.1, 0.15) is 5.82 Å². The molecule has 108 valence electrons. The molecule has 1 unspecified atom stereocenters. The van der Waals surface area contributed by atoms with Crippen LogP contribution in [0.25, 0.3) is 0 Å². The number of hydrogen-bond acceptors (Lipinski definition) is 1. The molecular formula is C16H25FIN. The van der Waals surface area contributed by atoms with Crippen LogP contribution in [0.15, 0.2) is 18.2 Å². The van der Waals surface area contributed by atoms with Gasteiger partial charge in [-0.1, -0.05) is 51.5 Å². The highest BCUT2D eigenvalue weighted by atomic mass is 127. The Morgan fingerprint density at radius 3 is 2.47 bits per heavy atom. The maximum Gasteiger partial charge on any atom is 0.124 e. The summed E-state index contributed by atoms with van der Waals surface area (Å²) in [5.74, 6) is -0.150. The minimum absolute atomic E-state index is 0.150. The van der Waals surface area contributed by atoms with E-state index in [9.17, 15) is 4.39 Å². The fourth-order valence-corrected chi connectivity index (χ4v) is 3.22. The van der Waals surface area contributed by atoms with Crippen LogP contribution in [0.4, 0.5) is 4.39 Å². The van der Waals surface area contributed by atoms with Gasteiger partial charge in [-0.25, -0.2) is 4.39 Å². The lowest BCUT2D eigenvalue weighted by atomic mass is 9.99. The summed E-state index contributed by atoms with van der Waals surface area (Å²) in [4.78, 5) is 0. The maximum absolute atomic E-state index is 13.1. The van der Waals surface area contributed by atoms with Gasteiger partial charge in [-0.2, -0.15) is 0 Å². The quantitative estimate of drug-likeness (QED) is 0.446. The monoisotopic (exact) mass is 377 g/mol. The number of nitrogens with one attached hydrogen (secondary N) is 1. The van der Waals surface area contributed by atoms with Crippen molar-refractivity contribution in [2.45, 2.75) is 57.9 Å². The van der Waals surface area contributed by atoms with Gasteiger partial charge in [0.05, 0.1) is 0 Å². The molecule has 0 heterocycles. The molecule has 0 spiro atoms. The molecule has 0 aliphatic rings. The van der Waals surface area contributed by atoms with E-state index in [-0.39, 0.29) is 5.82 Å². The largest absolute Gasteiger partial charge is 0.313 e. The van der Waals surface area contributed by atoms with Gasteiger partial charge in [0.2, 0.25) is 0 Å². The molecule has 0 radical (unpaired) electrons. The molecule has 1 aromatic carbocycles. The van der Waals surface area contributed by atoms with E-state index in [2.05, 4.69) is 34.8 Å². The van der Waals surface area contributed by atoms with Crippen molar-refractivity contribution in [2.75, 3.05) is 7.05 Å². The molecule has 0 aromatic heterocycles. The number of rotatable bonds is 9. The first-order valence-electron chi connectivity index (χ1n) is 7.31. The smallest absolute Gasteiger partial charge is 0.124 e. The molecular weight excluding hydrogens is 352 g/mol. The van der Waals surface area contributed by atoms with Crippen LogP contribution in [-0.2, 0) is 0 Å². The lowest BCUT2D eigenvalue weighted by Crippen LogP contribution is -2.17. The predicted octanol–water partition coefficient (Wildman–Crippen LogP) is 5.44. The molecule has 0 saturated heterocycles. The van der Waals surface area contributed by atoms with Crippen molar-refractivity contribution in [3.63, 3.8) is 0 Å². The van der Waals surface area contributed by atoms with Crippen LogP contribution in [0.1, 0.15) is 63.5 Å². The van der Waals surface area contributed by atoms with E-state index >= 15 is 0 Å². The Balaban J connectivity index is 2.40. The van der Waals surface area contributed by atoms with Crippen molar-refractivity contribution in [1.82, 2.24) is 5.32 Å².